The number of carbonyl (C=O) groups is 2. The number of carbonyl (C=O) groups excluding carboxylic acids is 1. The van der Waals surface area contributed by atoms with Gasteiger partial charge in [0.05, 0.1) is 12.6 Å². The summed E-state index contributed by atoms with van der Waals surface area (Å²) in [6, 6.07) is 5.70. The van der Waals surface area contributed by atoms with Crippen LogP contribution >= 0.6 is 11.6 Å². The summed E-state index contributed by atoms with van der Waals surface area (Å²) in [7, 11) is 1.52. The smallest absolute Gasteiger partial charge is 0.323 e. The molecule has 0 aliphatic rings. The number of methoxy groups -OCH3 is 1. The molecule has 0 aliphatic carbocycles. The van der Waals surface area contributed by atoms with Crippen molar-refractivity contribution < 1.29 is 19.4 Å². The molecule has 2 N–H and O–H groups in total. The van der Waals surface area contributed by atoms with Gasteiger partial charge in [-0.3, -0.25) is 9.69 Å². The van der Waals surface area contributed by atoms with Crippen molar-refractivity contribution in [1.82, 2.24) is 5.32 Å². The van der Waals surface area contributed by atoms with E-state index in [2.05, 4.69) is 5.32 Å². The Hall–Kier alpha value is -1.79. The highest BCUT2D eigenvalue weighted by atomic mass is 35.5. The van der Waals surface area contributed by atoms with E-state index in [1.54, 1.807) is 25.1 Å². The van der Waals surface area contributed by atoms with Gasteiger partial charge in [0.1, 0.15) is 6.54 Å². The largest absolute Gasteiger partial charge is 0.480 e. The van der Waals surface area contributed by atoms with Crippen molar-refractivity contribution in [3.63, 3.8) is 0 Å². The number of carboxylic acids is 1. The van der Waals surface area contributed by atoms with Crippen LogP contribution in [-0.4, -0.2) is 43.4 Å². The standard InChI is InChI=1S/C13H17ClN2O4/c1-9(8-20-2)15-13(19)16(7-12(17)18)11-5-3-4-10(14)6-11/h3-6,9H,7-8H2,1-2H3,(H,15,19)(H,17,18). The molecule has 0 radical (unpaired) electrons. The maximum absolute atomic E-state index is 12.1. The lowest BCUT2D eigenvalue weighted by Crippen LogP contribution is -2.47. The van der Waals surface area contributed by atoms with Crippen LogP contribution < -0.4 is 10.2 Å². The molecule has 6 nitrogen and oxygen atoms in total. The lowest BCUT2D eigenvalue weighted by atomic mass is 10.3. The normalized spacial score (nSPS) is 11.8. The Morgan fingerprint density at radius 1 is 1.50 bits per heavy atom. The van der Waals surface area contributed by atoms with Gasteiger partial charge in [0.25, 0.3) is 0 Å². The van der Waals surface area contributed by atoms with Crippen LogP contribution in [0.2, 0.25) is 5.02 Å². The van der Waals surface area contributed by atoms with Crippen molar-refractivity contribution in [2.24, 2.45) is 0 Å². The average molecular weight is 301 g/mol. The topological polar surface area (TPSA) is 78.9 Å². The number of ether oxygens (including phenoxy) is 1. The third-order valence-electron chi connectivity index (χ3n) is 2.44. The Morgan fingerprint density at radius 3 is 2.75 bits per heavy atom. The molecule has 0 bridgehead atoms. The van der Waals surface area contributed by atoms with E-state index in [1.807, 2.05) is 0 Å². The summed E-state index contributed by atoms with van der Waals surface area (Å²) in [4.78, 5) is 24.1. The number of anilines is 1. The summed E-state index contributed by atoms with van der Waals surface area (Å²) in [5, 5.41) is 12.0. The average Bonchev–Trinajstić information content (AvgIpc) is 2.35. The highest BCUT2D eigenvalue weighted by Crippen LogP contribution is 2.19. The molecule has 0 heterocycles. The summed E-state index contributed by atoms with van der Waals surface area (Å²) < 4.78 is 4.92. The van der Waals surface area contributed by atoms with E-state index in [9.17, 15) is 9.59 Å². The molecule has 7 heteroatoms. The molecule has 1 rings (SSSR count). The number of aliphatic carboxylic acids is 1. The SMILES string of the molecule is COCC(C)NC(=O)N(CC(=O)O)c1cccc(Cl)c1. The van der Waals surface area contributed by atoms with Gasteiger partial charge in [0, 0.05) is 17.8 Å². The molecule has 20 heavy (non-hydrogen) atoms. The molecule has 0 saturated heterocycles. The Bertz CT molecular complexity index is 481. The number of halogens is 1. The molecule has 110 valence electrons. The number of hydrogen-bond acceptors (Lipinski definition) is 3. The van der Waals surface area contributed by atoms with E-state index in [4.69, 9.17) is 21.4 Å². The zero-order valence-electron chi connectivity index (χ0n) is 11.3. The third kappa shape index (κ3) is 5.07. The van der Waals surface area contributed by atoms with Gasteiger partial charge in [-0.05, 0) is 25.1 Å². The number of nitrogens with one attached hydrogen (secondary N) is 1. The molecule has 1 aromatic rings. The molecular formula is C13H17ClN2O4. The quantitative estimate of drug-likeness (QED) is 0.842. The molecule has 0 spiro atoms. The Balaban J connectivity index is 2.89. The third-order valence-corrected chi connectivity index (χ3v) is 2.68. The number of carboxylic acid groups (broad SMARTS) is 1. The van der Waals surface area contributed by atoms with Gasteiger partial charge in [-0.2, -0.15) is 0 Å². The molecule has 0 fully saturated rings. The Kier molecular flexibility index (Phi) is 6.27. The van der Waals surface area contributed by atoms with Crippen LogP contribution in [0.1, 0.15) is 6.92 Å². The van der Waals surface area contributed by atoms with Crippen LogP contribution in [0.15, 0.2) is 24.3 Å². The molecule has 2 amide bonds. The van der Waals surface area contributed by atoms with Crippen molar-refractivity contribution in [2.45, 2.75) is 13.0 Å². The first-order chi connectivity index (χ1) is 9.43. The fourth-order valence-electron chi connectivity index (χ4n) is 1.64. The molecule has 0 aromatic heterocycles. The first-order valence-corrected chi connectivity index (χ1v) is 6.36. The van der Waals surface area contributed by atoms with Gasteiger partial charge in [-0.15, -0.1) is 0 Å². The van der Waals surface area contributed by atoms with Gasteiger partial charge in [-0.1, -0.05) is 17.7 Å². The summed E-state index contributed by atoms with van der Waals surface area (Å²) in [6.07, 6.45) is 0. The van der Waals surface area contributed by atoms with Crippen LogP contribution in [0.5, 0.6) is 0 Å². The van der Waals surface area contributed by atoms with Gasteiger partial charge in [0.2, 0.25) is 0 Å². The van der Waals surface area contributed by atoms with Crippen molar-refractivity contribution in [1.29, 1.82) is 0 Å². The highest BCUT2D eigenvalue weighted by molar-refractivity contribution is 6.30. The van der Waals surface area contributed by atoms with E-state index in [-0.39, 0.29) is 6.04 Å². The van der Waals surface area contributed by atoms with Crippen molar-refractivity contribution in [3.8, 4) is 0 Å². The monoisotopic (exact) mass is 300 g/mol. The first kappa shape index (κ1) is 16.3. The number of urea groups is 1. The van der Waals surface area contributed by atoms with Crippen molar-refractivity contribution >= 4 is 29.3 Å². The van der Waals surface area contributed by atoms with Gasteiger partial charge >= 0.3 is 12.0 Å². The van der Waals surface area contributed by atoms with Gasteiger partial charge in [-0.25, -0.2) is 4.79 Å². The number of rotatable bonds is 6. The van der Waals surface area contributed by atoms with Crippen LogP contribution in [0.3, 0.4) is 0 Å². The minimum atomic E-state index is -1.11. The minimum absolute atomic E-state index is 0.233. The van der Waals surface area contributed by atoms with E-state index in [0.29, 0.717) is 17.3 Å². The lowest BCUT2D eigenvalue weighted by molar-refractivity contribution is -0.135. The van der Waals surface area contributed by atoms with Crippen LogP contribution in [-0.2, 0) is 9.53 Å². The zero-order valence-corrected chi connectivity index (χ0v) is 12.1. The zero-order chi connectivity index (χ0) is 15.1. The Labute approximate surface area is 122 Å². The molecular weight excluding hydrogens is 284 g/mol. The fraction of sp³-hybridized carbons (Fsp3) is 0.385. The highest BCUT2D eigenvalue weighted by Gasteiger charge is 2.20. The predicted molar refractivity (Wildman–Crippen MR) is 76.3 cm³/mol. The van der Waals surface area contributed by atoms with Crippen LogP contribution in [0, 0.1) is 0 Å². The van der Waals surface area contributed by atoms with E-state index in [1.165, 1.54) is 13.2 Å². The van der Waals surface area contributed by atoms with Crippen LogP contribution in [0.4, 0.5) is 10.5 Å². The maximum Gasteiger partial charge on any atom is 0.323 e. The molecule has 1 atom stereocenters. The van der Waals surface area contributed by atoms with Crippen molar-refractivity contribution in [2.75, 3.05) is 25.2 Å². The maximum atomic E-state index is 12.1. The van der Waals surface area contributed by atoms with Gasteiger partial charge in [0.15, 0.2) is 0 Å². The second kappa shape index (κ2) is 7.72. The summed E-state index contributed by atoms with van der Waals surface area (Å²) >= 11 is 5.86. The number of hydrogen-bond donors (Lipinski definition) is 2. The Morgan fingerprint density at radius 2 is 2.20 bits per heavy atom. The number of benzene rings is 1. The van der Waals surface area contributed by atoms with Crippen molar-refractivity contribution in [3.05, 3.63) is 29.3 Å². The molecule has 0 saturated carbocycles. The summed E-state index contributed by atoms with van der Waals surface area (Å²) in [5.41, 5.74) is 0.419. The molecule has 1 unspecified atom stereocenters. The molecule has 1 aromatic carbocycles. The van der Waals surface area contributed by atoms with E-state index in [0.717, 1.165) is 4.90 Å². The number of amides is 2. The second-order valence-corrected chi connectivity index (χ2v) is 4.70. The van der Waals surface area contributed by atoms with E-state index >= 15 is 0 Å². The number of nitrogens with zero attached hydrogens (tertiary/aromatic N) is 1. The van der Waals surface area contributed by atoms with Gasteiger partial charge < -0.3 is 15.2 Å². The second-order valence-electron chi connectivity index (χ2n) is 4.27. The summed E-state index contributed by atoms with van der Waals surface area (Å²) in [5.74, 6) is -1.11. The first-order valence-electron chi connectivity index (χ1n) is 5.98. The fourth-order valence-corrected chi connectivity index (χ4v) is 1.82. The molecule has 0 aliphatic heterocycles. The van der Waals surface area contributed by atoms with E-state index < -0.39 is 18.5 Å². The summed E-state index contributed by atoms with van der Waals surface area (Å²) in [6.45, 7) is 1.65. The van der Waals surface area contributed by atoms with Crippen LogP contribution in [0.25, 0.3) is 0 Å². The predicted octanol–water partition coefficient (Wildman–Crippen LogP) is 1.98. The lowest BCUT2D eigenvalue weighted by Gasteiger charge is -2.23. The minimum Gasteiger partial charge on any atom is -0.480 e.